The Morgan fingerprint density at radius 1 is 1.38 bits per heavy atom. The fourth-order valence-corrected chi connectivity index (χ4v) is 2.81. The fraction of sp³-hybridized carbons (Fsp3) is 0.235. The van der Waals surface area contributed by atoms with Crippen LogP contribution in [-0.4, -0.2) is 27.3 Å². The van der Waals surface area contributed by atoms with Gasteiger partial charge >= 0.3 is 0 Å². The van der Waals surface area contributed by atoms with Gasteiger partial charge in [0, 0.05) is 28.5 Å². The van der Waals surface area contributed by atoms with Crippen LogP contribution in [0.3, 0.4) is 0 Å². The second-order valence-corrected chi connectivity index (χ2v) is 6.11. The van der Waals surface area contributed by atoms with Crippen molar-refractivity contribution in [2.45, 2.75) is 19.5 Å². The number of nitrogens with zero attached hydrogens (tertiary/aromatic N) is 2. The minimum atomic E-state index is -1.03. The van der Waals surface area contributed by atoms with E-state index >= 15 is 0 Å². The lowest BCUT2D eigenvalue weighted by molar-refractivity contribution is -0.117. The molecule has 1 saturated carbocycles. The molecule has 6 nitrogen and oxygen atoms in total. The van der Waals surface area contributed by atoms with E-state index in [1.165, 1.54) is 0 Å². The van der Waals surface area contributed by atoms with Crippen molar-refractivity contribution in [3.8, 4) is 11.1 Å². The van der Waals surface area contributed by atoms with Crippen molar-refractivity contribution in [3.05, 3.63) is 36.3 Å². The number of pyridine rings is 1. The van der Waals surface area contributed by atoms with Gasteiger partial charge in [0.25, 0.3) is 0 Å². The number of hydrogen-bond donors (Lipinski definition) is 3. The third-order valence-corrected chi connectivity index (χ3v) is 4.31. The number of anilines is 2. The van der Waals surface area contributed by atoms with E-state index in [1.54, 1.807) is 18.5 Å². The first-order valence-corrected chi connectivity index (χ1v) is 7.67. The van der Waals surface area contributed by atoms with Crippen molar-refractivity contribution >= 4 is 28.2 Å². The number of nitrogens with two attached hydrogens (primary N) is 1. The van der Waals surface area contributed by atoms with Gasteiger partial charge in [0.1, 0.15) is 12.0 Å². The minimum Gasteiger partial charge on any atom is -0.398 e. The molecule has 0 aliphatic heterocycles. The first kappa shape index (κ1) is 14.6. The van der Waals surface area contributed by atoms with Gasteiger partial charge in [0.05, 0.1) is 12.1 Å². The highest BCUT2D eigenvalue weighted by Gasteiger charge is 2.43. The van der Waals surface area contributed by atoms with Crippen molar-refractivity contribution < 1.29 is 9.18 Å². The highest BCUT2D eigenvalue weighted by Crippen LogP contribution is 2.35. The summed E-state index contributed by atoms with van der Waals surface area (Å²) in [6, 6.07) is 5.59. The number of rotatable bonds is 3. The molecule has 0 spiro atoms. The third kappa shape index (κ3) is 2.47. The van der Waals surface area contributed by atoms with Crippen LogP contribution in [0.2, 0.25) is 0 Å². The molecule has 1 aliphatic carbocycles. The topological polar surface area (TPSA) is 96.7 Å². The lowest BCUT2D eigenvalue weighted by atomic mass is 10.0. The highest BCUT2D eigenvalue weighted by molar-refractivity contribution is 6.00. The highest BCUT2D eigenvalue weighted by atomic mass is 19.1. The number of aromatic amines is 1. The summed E-state index contributed by atoms with van der Waals surface area (Å²) in [7, 11) is 0. The molecule has 2 aromatic heterocycles. The van der Waals surface area contributed by atoms with Crippen molar-refractivity contribution in [2.75, 3.05) is 11.1 Å². The van der Waals surface area contributed by atoms with Crippen LogP contribution in [0.25, 0.3) is 21.9 Å². The largest absolute Gasteiger partial charge is 0.398 e. The SMILES string of the molecule is Cc1[nH]ncc1-c1cc(N)c2cnc(NC(=O)[C@H]3C[C@H]3F)cc2c1. The van der Waals surface area contributed by atoms with E-state index in [9.17, 15) is 9.18 Å². The molecular weight excluding hydrogens is 309 g/mol. The molecule has 1 aliphatic rings. The van der Waals surface area contributed by atoms with Crippen LogP contribution in [0.4, 0.5) is 15.9 Å². The van der Waals surface area contributed by atoms with Crippen LogP contribution in [0.5, 0.6) is 0 Å². The van der Waals surface area contributed by atoms with E-state index in [4.69, 9.17) is 5.73 Å². The molecule has 4 rings (SSSR count). The maximum atomic E-state index is 13.0. The number of amides is 1. The zero-order chi connectivity index (χ0) is 16.8. The third-order valence-electron chi connectivity index (χ3n) is 4.31. The summed E-state index contributed by atoms with van der Waals surface area (Å²) in [6.07, 6.45) is 2.62. The molecule has 0 bridgehead atoms. The van der Waals surface area contributed by atoms with E-state index in [1.807, 2.05) is 19.1 Å². The normalized spacial score (nSPS) is 19.4. The number of carbonyl (C=O) groups is 1. The summed E-state index contributed by atoms with van der Waals surface area (Å²) >= 11 is 0. The quantitative estimate of drug-likeness (QED) is 0.645. The number of fused-ring (bicyclic) bond motifs is 1. The summed E-state index contributed by atoms with van der Waals surface area (Å²) in [6.45, 7) is 1.93. The molecule has 0 saturated heterocycles. The number of H-pyrrole nitrogens is 1. The van der Waals surface area contributed by atoms with Gasteiger partial charge in [0.15, 0.2) is 0 Å². The number of carbonyl (C=O) groups excluding carboxylic acids is 1. The van der Waals surface area contributed by atoms with E-state index in [0.29, 0.717) is 11.5 Å². The maximum absolute atomic E-state index is 13.0. The summed E-state index contributed by atoms with van der Waals surface area (Å²) < 4.78 is 13.0. The van der Waals surface area contributed by atoms with E-state index in [2.05, 4.69) is 20.5 Å². The van der Waals surface area contributed by atoms with Crippen LogP contribution in [-0.2, 0) is 4.79 Å². The molecule has 0 radical (unpaired) electrons. The number of nitrogens with one attached hydrogen (secondary N) is 2. The molecule has 0 unspecified atom stereocenters. The molecule has 24 heavy (non-hydrogen) atoms. The Bertz CT molecular complexity index is 951. The van der Waals surface area contributed by atoms with Gasteiger partial charge in [-0.3, -0.25) is 9.89 Å². The van der Waals surface area contributed by atoms with Gasteiger partial charge in [-0.25, -0.2) is 9.37 Å². The molecule has 122 valence electrons. The zero-order valence-corrected chi connectivity index (χ0v) is 13.0. The van der Waals surface area contributed by atoms with E-state index in [-0.39, 0.29) is 12.3 Å². The summed E-state index contributed by atoms with van der Waals surface area (Å²) in [5.41, 5.74) is 9.57. The average Bonchev–Trinajstić information content (AvgIpc) is 3.12. The fourth-order valence-electron chi connectivity index (χ4n) is 2.81. The van der Waals surface area contributed by atoms with Gasteiger partial charge in [-0.05, 0) is 42.5 Å². The second-order valence-electron chi connectivity index (χ2n) is 6.11. The number of aromatic nitrogens is 3. The van der Waals surface area contributed by atoms with Gasteiger partial charge in [0.2, 0.25) is 5.91 Å². The van der Waals surface area contributed by atoms with Gasteiger partial charge in [-0.15, -0.1) is 0 Å². The van der Waals surface area contributed by atoms with Crippen LogP contribution < -0.4 is 11.1 Å². The zero-order valence-electron chi connectivity index (χ0n) is 13.0. The first-order chi connectivity index (χ1) is 11.5. The molecule has 1 amide bonds. The first-order valence-electron chi connectivity index (χ1n) is 7.67. The molecular formula is C17H16FN5O. The molecule has 2 heterocycles. The van der Waals surface area contributed by atoms with Gasteiger partial charge < -0.3 is 11.1 Å². The molecule has 1 aromatic carbocycles. The number of alkyl halides is 1. The minimum absolute atomic E-state index is 0.288. The monoisotopic (exact) mass is 325 g/mol. The van der Waals surface area contributed by atoms with Crippen molar-refractivity contribution in [3.63, 3.8) is 0 Å². The number of nitrogen functional groups attached to an aromatic ring is 1. The van der Waals surface area contributed by atoms with E-state index in [0.717, 1.165) is 27.6 Å². The van der Waals surface area contributed by atoms with Crippen molar-refractivity contribution in [1.29, 1.82) is 0 Å². The lowest BCUT2D eigenvalue weighted by Gasteiger charge is -2.09. The molecule has 4 N–H and O–H groups in total. The summed E-state index contributed by atoms with van der Waals surface area (Å²) in [4.78, 5) is 16.1. The van der Waals surface area contributed by atoms with Crippen LogP contribution in [0, 0.1) is 12.8 Å². The predicted octanol–water partition coefficient (Wildman–Crippen LogP) is 2.81. The molecule has 2 atom stereocenters. The summed E-state index contributed by atoms with van der Waals surface area (Å²) in [5.74, 6) is -0.483. The Hall–Kier alpha value is -2.96. The predicted molar refractivity (Wildman–Crippen MR) is 90.1 cm³/mol. The maximum Gasteiger partial charge on any atom is 0.231 e. The Morgan fingerprint density at radius 2 is 2.17 bits per heavy atom. The average molecular weight is 325 g/mol. The van der Waals surface area contributed by atoms with Gasteiger partial charge in [-0.1, -0.05) is 0 Å². The smallest absolute Gasteiger partial charge is 0.231 e. The van der Waals surface area contributed by atoms with Crippen LogP contribution in [0.15, 0.2) is 30.6 Å². The number of halogens is 1. The Kier molecular flexibility index (Phi) is 3.23. The molecule has 7 heteroatoms. The second kappa shape index (κ2) is 5.30. The number of hydrogen-bond acceptors (Lipinski definition) is 4. The molecule has 1 fully saturated rings. The lowest BCUT2D eigenvalue weighted by Crippen LogP contribution is -2.15. The van der Waals surface area contributed by atoms with Crippen molar-refractivity contribution in [2.24, 2.45) is 5.92 Å². The van der Waals surface area contributed by atoms with Crippen LogP contribution in [0.1, 0.15) is 12.1 Å². The van der Waals surface area contributed by atoms with E-state index < -0.39 is 12.1 Å². The number of benzene rings is 1. The summed E-state index contributed by atoms with van der Waals surface area (Å²) in [5, 5.41) is 11.2. The number of aryl methyl sites for hydroxylation is 1. The Balaban J connectivity index is 1.72. The molecule has 3 aromatic rings. The van der Waals surface area contributed by atoms with Crippen molar-refractivity contribution in [1.82, 2.24) is 15.2 Å². The standard InChI is InChI=1S/C17H16FN5O/c1-8-12(7-21-23-8)9-2-10-4-16(20-6-13(10)15(19)3-9)22-17(24)11-5-14(11)18/h2-4,6-7,11,14H,5,19H2,1H3,(H,21,23)(H,20,22,24)/t11-,14+/m0/s1. The van der Waals surface area contributed by atoms with Gasteiger partial charge in [-0.2, -0.15) is 5.10 Å². The van der Waals surface area contributed by atoms with Crippen LogP contribution >= 0.6 is 0 Å². The Labute approximate surface area is 137 Å². The Morgan fingerprint density at radius 3 is 2.83 bits per heavy atom.